The van der Waals surface area contributed by atoms with Crippen LogP contribution >= 0.6 is 0 Å². The van der Waals surface area contributed by atoms with Crippen LogP contribution in [-0.4, -0.2) is 31.5 Å². The maximum absolute atomic E-state index is 12.3. The fourth-order valence-corrected chi connectivity index (χ4v) is 3.41. The Morgan fingerprint density at radius 1 is 1.09 bits per heavy atom. The Labute approximate surface area is 134 Å². The summed E-state index contributed by atoms with van der Waals surface area (Å²) in [4.78, 5) is 10.6. The highest BCUT2D eigenvalue weighted by molar-refractivity contribution is 7.92. The van der Waals surface area contributed by atoms with Gasteiger partial charge in [0.2, 0.25) is 5.95 Å². The third-order valence-corrected chi connectivity index (χ3v) is 4.97. The molecule has 0 amide bonds. The van der Waals surface area contributed by atoms with Crippen molar-refractivity contribution in [3.63, 3.8) is 0 Å². The monoisotopic (exact) mass is 329 g/mol. The molecule has 1 aliphatic heterocycles. The first-order valence-corrected chi connectivity index (χ1v) is 8.67. The molecule has 2 aromatic rings. The first-order chi connectivity index (χ1) is 11.1. The van der Waals surface area contributed by atoms with Crippen LogP contribution in [0.2, 0.25) is 0 Å². The van der Waals surface area contributed by atoms with Crippen molar-refractivity contribution in [3.05, 3.63) is 42.2 Å². The molecule has 0 atom stereocenters. The zero-order valence-electron chi connectivity index (χ0n) is 12.3. The summed E-state index contributed by atoms with van der Waals surface area (Å²) >= 11 is 0. The normalized spacial score (nSPS) is 14.5. The summed E-state index contributed by atoms with van der Waals surface area (Å²) in [7, 11) is -3.72. The van der Waals surface area contributed by atoms with Crippen LogP contribution in [0.15, 0.2) is 41.6 Å². The minimum atomic E-state index is -3.72. The number of rotatable bonds is 4. The van der Waals surface area contributed by atoms with Crippen LogP contribution in [-0.2, 0) is 10.0 Å². The largest absolute Gasteiger partial charge is 0.341 e. The second kappa shape index (κ2) is 6.22. The summed E-state index contributed by atoms with van der Waals surface area (Å²) in [5, 5.41) is 8.75. The number of nitrogens with zero attached hydrogens (tertiary/aromatic N) is 4. The van der Waals surface area contributed by atoms with E-state index in [9.17, 15) is 8.42 Å². The van der Waals surface area contributed by atoms with E-state index in [-0.39, 0.29) is 4.90 Å². The van der Waals surface area contributed by atoms with Gasteiger partial charge in [0.1, 0.15) is 0 Å². The van der Waals surface area contributed by atoms with Crippen LogP contribution in [0, 0.1) is 11.3 Å². The van der Waals surface area contributed by atoms with E-state index in [1.54, 1.807) is 0 Å². The van der Waals surface area contributed by atoms with Gasteiger partial charge in [-0.05, 0) is 37.1 Å². The van der Waals surface area contributed by atoms with E-state index in [1.165, 1.54) is 36.7 Å². The van der Waals surface area contributed by atoms with Gasteiger partial charge in [0.15, 0.2) is 0 Å². The Kier molecular flexibility index (Phi) is 4.12. The van der Waals surface area contributed by atoms with Gasteiger partial charge < -0.3 is 4.90 Å². The van der Waals surface area contributed by atoms with Crippen molar-refractivity contribution in [2.75, 3.05) is 22.7 Å². The Bertz CT molecular complexity index is 820. The van der Waals surface area contributed by atoms with Gasteiger partial charge in [-0.3, -0.25) is 4.72 Å². The van der Waals surface area contributed by atoms with Gasteiger partial charge in [0.25, 0.3) is 10.0 Å². The highest BCUT2D eigenvalue weighted by Gasteiger charge is 2.17. The third kappa shape index (κ3) is 3.40. The van der Waals surface area contributed by atoms with E-state index in [0.717, 1.165) is 25.9 Å². The molecule has 0 spiro atoms. The van der Waals surface area contributed by atoms with Gasteiger partial charge in [0, 0.05) is 13.1 Å². The molecule has 3 rings (SSSR count). The Morgan fingerprint density at radius 3 is 2.26 bits per heavy atom. The number of aromatic nitrogens is 2. The average Bonchev–Trinajstić information content (AvgIpc) is 3.10. The highest BCUT2D eigenvalue weighted by atomic mass is 32.2. The molecule has 1 N–H and O–H groups in total. The molecule has 1 aromatic heterocycles. The predicted molar refractivity (Wildman–Crippen MR) is 85.4 cm³/mol. The number of anilines is 2. The van der Waals surface area contributed by atoms with Crippen LogP contribution in [0.4, 0.5) is 11.6 Å². The third-order valence-electron chi connectivity index (χ3n) is 3.57. The first kappa shape index (κ1) is 15.2. The Morgan fingerprint density at radius 2 is 1.70 bits per heavy atom. The number of hydrogen-bond donors (Lipinski definition) is 1. The van der Waals surface area contributed by atoms with Crippen molar-refractivity contribution in [3.8, 4) is 6.07 Å². The molecule has 1 fully saturated rings. The molecule has 0 aliphatic carbocycles. The van der Waals surface area contributed by atoms with Crippen molar-refractivity contribution in [2.24, 2.45) is 0 Å². The summed E-state index contributed by atoms with van der Waals surface area (Å²) in [6.07, 6.45) is 5.16. The molecule has 0 saturated carbocycles. The molecule has 1 aliphatic rings. The molecule has 0 radical (unpaired) electrons. The molecular formula is C15H15N5O2S. The van der Waals surface area contributed by atoms with Crippen molar-refractivity contribution in [1.82, 2.24) is 9.97 Å². The molecule has 2 heterocycles. The topological polar surface area (TPSA) is 99.0 Å². The highest BCUT2D eigenvalue weighted by Crippen LogP contribution is 2.18. The Balaban J connectivity index is 1.75. The molecule has 8 heteroatoms. The quantitative estimate of drug-likeness (QED) is 0.917. The maximum Gasteiger partial charge on any atom is 0.261 e. The van der Waals surface area contributed by atoms with Crippen LogP contribution in [0.3, 0.4) is 0 Å². The molecule has 0 bridgehead atoms. The molecular weight excluding hydrogens is 314 g/mol. The number of sulfonamides is 1. The lowest BCUT2D eigenvalue weighted by molar-refractivity contribution is 0.601. The lowest BCUT2D eigenvalue weighted by Gasteiger charge is -2.15. The van der Waals surface area contributed by atoms with E-state index in [2.05, 4.69) is 19.6 Å². The minimum absolute atomic E-state index is 0.0834. The summed E-state index contributed by atoms with van der Waals surface area (Å²) in [6.45, 7) is 1.85. The van der Waals surface area contributed by atoms with Crippen LogP contribution in [0.5, 0.6) is 0 Å². The van der Waals surface area contributed by atoms with E-state index < -0.39 is 10.0 Å². The molecule has 0 unspecified atom stereocenters. The number of nitrogens with one attached hydrogen (secondary N) is 1. The standard InChI is InChI=1S/C15H15N5O2S/c16-9-12-3-5-14(6-4-12)23(21,22)19-13-10-17-15(18-11-13)20-7-1-2-8-20/h3-6,10-11,19H,1-2,7-8H2. The van der Waals surface area contributed by atoms with Crippen molar-refractivity contribution < 1.29 is 8.42 Å². The Hall–Kier alpha value is -2.66. The van der Waals surface area contributed by atoms with Crippen molar-refractivity contribution >= 4 is 21.7 Å². The second-order valence-electron chi connectivity index (χ2n) is 5.21. The fraction of sp³-hybridized carbons (Fsp3) is 0.267. The summed E-state index contributed by atoms with van der Waals surface area (Å²) in [5.41, 5.74) is 0.708. The lowest BCUT2D eigenvalue weighted by Crippen LogP contribution is -2.20. The van der Waals surface area contributed by atoms with Gasteiger partial charge in [-0.15, -0.1) is 0 Å². The molecule has 1 saturated heterocycles. The zero-order valence-corrected chi connectivity index (χ0v) is 13.1. The SMILES string of the molecule is N#Cc1ccc(S(=O)(=O)Nc2cnc(N3CCCC3)nc2)cc1. The van der Waals surface area contributed by atoms with Crippen molar-refractivity contribution in [1.29, 1.82) is 5.26 Å². The predicted octanol–water partition coefficient (Wildman–Crippen LogP) is 1.75. The van der Waals surface area contributed by atoms with Gasteiger partial charge >= 0.3 is 0 Å². The summed E-state index contributed by atoms with van der Waals surface area (Å²) in [5.74, 6) is 0.615. The van der Waals surface area contributed by atoms with E-state index >= 15 is 0 Å². The molecule has 7 nitrogen and oxygen atoms in total. The van der Waals surface area contributed by atoms with Crippen molar-refractivity contribution in [2.45, 2.75) is 17.7 Å². The van der Waals surface area contributed by atoms with E-state index in [4.69, 9.17) is 5.26 Å². The van der Waals surface area contributed by atoms with Gasteiger partial charge in [-0.25, -0.2) is 18.4 Å². The van der Waals surface area contributed by atoms with E-state index in [0.29, 0.717) is 17.2 Å². The van der Waals surface area contributed by atoms with Gasteiger partial charge in [-0.2, -0.15) is 5.26 Å². The van der Waals surface area contributed by atoms with Gasteiger partial charge in [0.05, 0.1) is 34.6 Å². The number of nitriles is 1. The number of benzene rings is 1. The van der Waals surface area contributed by atoms with Crippen LogP contribution in [0.25, 0.3) is 0 Å². The van der Waals surface area contributed by atoms with Crippen LogP contribution < -0.4 is 9.62 Å². The van der Waals surface area contributed by atoms with Gasteiger partial charge in [-0.1, -0.05) is 0 Å². The summed E-state index contributed by atoms with van der Waals surface area (Å²) < 4.78 is 27.0. The smallest absolute Gasteiger partial charge is 0.261 e. The number of hydrogen-bond acceptors (Lipinski definition) is 6. The van der Waals surface area contributed by atoms with E-state index in [1.807, 2.05) is 6.07 Å². The second-order valence-corrected chi connectivity index (χ2v) is 6.89. The minimum Gasteiger partial charge on any atom is -0.341 e. The van der Waals surface area contributed by atoms with Crippen LogP contribution in [0.1, 0.15) is 18.4 Å². The maximum atomic E-state index is 12.3. The zero-order chi connectivity index (χ0) is 16.3. The first-order valence-electron chi connectivity index (χ1n) is 7.18. The molecule has 1 aromatic carbocycles. The lowest BCUT2D eigenvalue weighted by atomic mass is 10.2. The molecule has 23 heavy (non-hydrogen) atoms. The molecule has 118 valence electrons. The average molecular weight is 329 g/mol. The summed E-state index contributed by atoms with van der Waals surface area (Å²) in [6, 6.07) is 7.65. The fourth-order valence-electron chi connectivity index (χ4n) is 2.38.